The van der Waals surface area contributed by atoms with Gasteiger partial charge in [0.25, 0.3) is 5.91 Å². The van der Waals surface area contributed by atoms with Crippen molar-refractivity contribution in [3.63, 3.8) is 0 Å². The maximum Gasteiger partial charge on any atom is 0.254 e. The van der Waals surface area contributed by atoms with Crippen LogP contribution >= 0.6 is 11.6 Å². The molecule has 20 heavy (non-hydrogen) atoms. The summed E-state index contributed by atoms with van der Waals surface area (Å²) in [5.74, 6) is -0.250. The zero-order valence-electron chi connectivity index (χ0n) is 11.6. The molecule has 1 aliphatic heterocycles. The predicted molar refractivity (Wildman–Crippen MR) is 77.9 cm³/mol. The molecule has 1 saturated heterocycles. The summed E-state index contributed by atoms with van der Waals surface area (Å²) in [5, 5.41) is 13.4. The lowest BCUT2D eigenvalue weighted by atomic mass is 9.88. The van der Waals surface area contributed by atoms with E-state index in [1.54, 1.807) is 18.3 Å². The highest BCUT2D eigenvalue weighted by Gasteiger charge is 2.30. The molecule has 110 valence electrons. The zero-order valence-corrected chi connectivity index (χ0v) is 12.4. The van der Waals surface area contributed by atoms with Gasteiger partial charge in [0.1, 0.15) is 5.15 Å². The molecule has 1 aromatic rings. The molecule has 0 saturated carbocycles. The minimum absolute atomic E-state index is 0.197. The number of carbonyl (C=O) groups is 1. The lowest BCUT2D eigenvalue weighted by Crippen LogP contribution is -2.44. The minimum atomic E-state index is -0.668. The van der Waals surface area contributed by atoms with Crippen molar-refractivity contribution in [1.82, 2.24) is 15.2 Å². The summed E-state index contributed by atoms with van der Waals surface area (Å²) in [7, 11) is 2.05. The van der Waals surface area contributed by atoms with Gasteiger partial charge in [0.2, 0.25) is 0 Å². The van der Waals surface area contributed by atoms with E-state index in [1.165, 1.54) is 0 Å². The van der Waals surface area contributed by atoms with Crippen molar-refractivity contribution in [2.24, 2.45) is 0 Å². The summed E-state index contributed by atoms with van der Waals surface area (Å²) in [4.78, 5) is 18.0. The minimum Gasteiger partial charge on any atom is -0.390 e. The van der Waals surface area contributed by atoms with E-state index >= 15 is 0 Å². The van der Waals surface area contributed by atoms with E-state index in [-0.39, 0.29) is 11.1 Å². The number of rotatable bonds is 4. The van der Waals surface area contributed by atoms with E-state index in [4.69, 9.17) is 11.6 Å². The molecule has 0 aromatic carbocycles. The van der Waals surface area contributed by atoms with Crippen LogP contribution in [0, 0.1) is 0 Å². The summed E-state index contributed by atoms with van der Waals surface area (Å²) in [6, 6.07) is 3.31. The number of halogens is 1. The molecule has 0 unspecified atom stereocenters. The Morgan fingerprint density at radius 3 is 2.90 bits per heavy atom. The topological polar surface area (TPSA) is 65.5 Å². The van der Waals surface area contributed by atoms with E-state index in [0.717, 1.165) is 25.9 Å². The van der Waals surface area contributed by atoms with Gasteiger partial charge in [-0.3, -0.25) is 4.79 Å². The Morgan fingerprint density at radius 1 is 1.55 bits per heavy atom. The van der Waals surface area contributed by atoms with E-state index in [2.05, 4.69) is 15.2 Å². The van der Waals surface area contributed by atoms with Gasteiger partial charge in [0, 0.05) is 25.8 Å². The van der Waals surface area contributed by atoms with Crippen LogP contribution in [0.1, 0.15) is 29.6 Å². The lowest BCUT2D eigenvalue weighted by molar-refractivity contribution is -0.0214. The average Bonchev–Trinajstić information content (AvgIpc) is 2.43. The highest BCUT2D eigenvalue weighted by molar-refractivity contribution is 6.32. The number of amides is 1. The van der Waals surface area contributed by atoms with Crippen LogP contribution in [0.3, 0.4) is 0 Å². The monoisotopic (exact) mass is 297 g/mol. The van der Waals surface area contributed by atoms with Gasteiger partial charge in [-0.2, -0.15) is 0 Å². The van der Waals surface area contributed by atoms with E-state index in [0.29, 0.717) is 18.5 Å². The van der Waals surface area contributed by atoms with Crippen molar-refractivity contribution in [2.75, 3.05) is 26.7 Å². The van der Waals surface area contributed by atoms with Crippen LogP contribution in [0.5, 0.6) is 0 Å². The Labute approximate surface area is 123 Å². The van der Waals surface area contributed by atoms with Crippen LogP contribution < -0.4 is 5.32 Å². The molecule has 2 N–H and O–H groups in total. The quantitative estimate of drug-likeness (QED) is 0.823. The molecule has 0 spiro atoms. The molecule has 1 aromatic heterocycles. The Hall–Kier alpha value is -1.17. The molecule has 0 atom stereocenters. The maximum atomic E-state index is 11.9. The molecular formula is C14H20ClN3O2. The Kier molecular flexibility index (Phi) is 4.96. The first kappa shape index (κ1) is 15.2. The first-order valence-electron chi connectivity index (χ1n) is 6.80. The number of nitrogens with zero attached hydrogens (tertiary/aromatic N) is 2. The normalized spacial score (nSPS) is 18.8. The first-order chi connectivity index (χ1) is 9.50. The van der Waals surface area contributed by atoms with E-state index in [1.807, 2.05) is 7.05 Å². The molecule has 2 rings (SSSR count). The summed E-state index contributed by atoms with van der Waals surface area (Å²) in [6.07, 6.45) is 3.59. The second-order valence-corrected chi connectivity index (χ2v) is 5.73. The third-order valence-electron chi connectivity index (χ3n) is 3.80. The van der Waals surface area contributed by atoms with Gasteiger partial charge in [-0.1, -0.05) is 11.6 Å². The van der Waals surface area contributed by atoms with Crippen molar-refractivity contribution in [3.05, 3.63) is 29.0 Å². The number of likely N-dealkylation sites (tertiary alicyclic amines) is 1. The fourth-order valence-electron chi connectivity index (χ4n) is 2.34. The van der Waals surface area contributed by atoms with Gasteiger partial charge in [-0.15, -0.1) is 0 Å². The molecule has 0 radical (unpaired) electrons. The second-order valence-electron chi connectivity index (χ2n) is 5.38. The van der Waals surface area contributed by atoms with Crippen LogP contribution in [0.15, 0.2) is 18.3 Å². The van der Waals surface area contributed by atoms with Crippen molar-refractivity contribution < 1.29 is 9.90 Å². The van der Waals surface area contributed by atoms with Crippen molar-refractivity contribution >= 4 is 17.5 Å². The highest BCUT2D eigenvalue weighted by atomic mass is 35.5. The Bertz CT molecular complexity index is 473. The molecule has 5 nitrogen and oxygen atoms in total. The van der Waals surface area contributed by atoms with Crippen LogP contribution in [0.4, 0.5) is 0 Å². The molecule has 0 bridgehead atoms. The number of aromatic nitrogens is 1. The van der Waals surface area contributed by atoms with Gasteiger partial charge in [-0.25, -0.2) is 4.98 Å². The third-order valence-corrected chi connectivity index (χ3v) is 4.10. The van der Waals surface area contributed by atoms with Gasteiger partial charge in [0.15, 0.2) is 0 Å². The van der Waals surface area contributed by atoms with Crippen LogP contribution in [0.25, 0.3) is 0 Å². The largest absolute Gasteiger partial charge is 0.390 e. The smallest absolute Gasteiger partial charge is 0.254 e. The van der Waals surface area contributed by atoms with Crippen LogP contribution in [0.2, 0.25) is 5.15 Å². The summed E-state index contributed by atoms with van der Waals surface area (Å²) in [5.41, 5.74) is -0.303. The average molecular weight is 298 g/mol. The highest BCUT2D eigenvalue weighted by Crippen LogP contribution is 2.24. The fourth-order valence-corrected chi connectivity index (χ4v) is 2.55. The van der Waals surface area contributed by atoms with Crippen molar-refractivity contribution in [2.45, 2.75) is 24.9 Å². The Morgan fingerprint density at radius 2 is 2.25 bits per heavy atom. The first-order valence-corrected chi connectivity index (χ1v) is 7.18. The van der Waals surface area contributed by atoms with Gasteiger partial charge in [0.05, 0.1) is 11.2 Å². The number of carbonyl (C=O) groups excluding carboxylic acids is 1. The molecule has 1 aliphatic rings. The number of aliphatic hydroxyl groups is 1. The number of piperidine rings is 1. The number of hydrogen-bond donors (Lipinski definition) is 2. The number of hydrogen-bond acceptors (Lipinski definition) is 4. The summed E-state index contributed by atoms with van der Waals surface area (Å²) < 4.78 is 0. The Balaban J connectivity index is 1.81. The van der Waals surface area contributed by atoms with Crippen molar-refractivity contribution in [3.8, 4) is 0 Å². The number of nitrogens with one attached hydrogen (secondary N) is 1. The summed E-state index contributed by atoms with van der Waals surface area (Å²) in [6.45, 7) is 2.21. The molecule has 1 fully saturated rings. The standard InChI is InChI=1S/C14H20ClN3O2/c1-18-9-5-14(20,6-10-18)4-8-17-13(19)11-3-2-7-16-12(11)15/h2-3,7,20H,4-6,8-10H2,1H3,(H,17,19). The SMILES string of the molecule is CN1CCC(O)(CCNC(=O)c2cccnc2Cl)CC1. The molecule has 1 amide bonds. The predicted octanol–water partition coefficient (Wildman–Crippen LogP) is 1.31. The second kappa shape index (κ2) is 6.52. The van der Waals surface area contributed by atoms with Crippen LogP contribution in [-0.4, -0.2) is 53.2 Å². The van der Waals surface area contributed by atoms with E-state index in [9.17, 15) is 9.90 Å². The van der Waals surface area contributed by atoms with Crippen LogP contribution in [-0.2, 0) is 0 Å². The fraction of sp³-hybridized carbons (Fsp3) is 0.571. The molecular weight excluding hydrogens is 278 g/mol. The van der Waals surface area contributed by atoms with E-state index < -0.39 is 5.60 Å². The van der Waals surface area contributed by atoms with Gasteiger partial charge in [-0.05, 0) is 38.4 Å². The molecule has 0 aliphatic carbocycles. The van der Waals surface area contributed by atoms with Crippen molar-refractivity contribution in [1.29, 1.82) is 0 Å². The summed E-state index contributed by atoms with van der Waals surface area (Å²) >= 11 is 5.86. The molecule has 6 heteroatoms. The lowest BCUT2D eigenvalue weighted by Gasteiger charge is -2.36. The zero-order chi connectivity index (χ0) is 14.6. The van der Waals surface area contributed by atoms with Gasteiger partial charge < -0.3 is 15.3 Å². The maximum absolute atomic E-state index is 11.9. The molecule has 2 heterocycles. The third kappa shape index (κ3) is 3.91. The van der Waals surface area contributed by atoms with Gasteiger partial charge >= 0.3 is 0 Å². The number of pyridine rings is 1.